The van der Waals surface area contributed by atoms with Gasteiger partial charge in [-0.2, -0.15) is 0 Å². The Morgan fingerprint density at radius 1 is 0.615 bits per heavy atom. The third-order valence-corrected chi connectivity index (χ3v) is 6.42. The van der Waals surface area contributed by atoms with Crippen LogP contribution in [-0.4, -0.2) is 72.3 Å². The van der Waals surface area contributed by atoms with Crippen molar-refractivity contribution < 1.29 is 9.59 Å². The Kier molecular flexibility index (Phi) is 7.78. The molecule has 0 spiro atoms. The molecule has 0 N–H and O–H groups in total. The van der Waals surface area contributed by atoms with Gasteiger partial charge in [0, 0.05) is 32.1 Å². The molecule has 26 heavy (non-hydrogen) atoms. The van der Waals surface area contributed by atoms with Crippen molar-refractivity contribution in [2.45, 2.75) is 70.6 Å². The number of nitrogens with zero attached hydrogens (tertiary/aromatic N) is 3. The number of amides is 2. The molecule has 0 radical (unpaired) electrons. The number of hydrogen-bond donors (Lipinski definition) is 0. The van der Waals surface area contributed by atoms with Crippen LogP contribution in [0.3, 0.4) is 0 Å². The minimum atomic E-state index is 0.182. The van der Waals surface area contributed by atoms with Gasteiger partial charge in [0.1, 0.15) is 0 Å². The first-order valence-corrected chi connectivity index (χ1v) is 11.0. The number of piperidine rings is 1. The average Bonchev–Trinajstić information content (AvgIpc) is 2.91. The first-order chi connectivity index (χ1) is 12.7. The number of carbonyl (C=O) groups excluding carboxylic acids is 2. The number of hydrogen-bond acceptors (Lipinski definition) is 3. The van der Waals surface area contributed by atoms with Crippen molar-refractivity contribution in [3.63, 3.8) is 0 Å². The van der Waals surface area contributed by atoms with Crippen molar-refractivity contribution in [2.24, 2.45) is 5.92 Å². The van der Waals surface area contributed by atoms with Gasteiger partial charge in [-0.15, -0.1) is 0 Å². The van der Waals surface area contributed by atoms with Gasteiger partial charge in [0.25, 0.3) is 0 Å². The highest BCUT2D eigenvalue weighted by Gasteiger charge is 2.30. The average molecular weight is 364 g/mol. The van der Waals surface area contributed by atoms with E-state index in [9.17, 15) is 9.59 Å². The molecule has 0 saturated carbocycles. The van der Waals surface area contributed by atoms with E-state index in [1.54, 1.807) is 0 Å². The largest absolute Gasteiger partial charge is 0.342 e. The molecule has 5 nitrogen and oxygen atoms in total. The summed E-state index contributed by atoms with van der Waals surface area (Å²) < 4.78 is 0. The van der Waals surface area contributed by atoms with E-state index in [1.165, 1.54) is 32.1 Å². The van der Waals surface area contributed by atoms with E-state index in [4.69, 9.17) is 0 Å². The van der Waals surface area contributed by atoms with Crippen LogP contribution >= 0.6 is 0 Å². The number of likely N-dealkylation sites (tertiary alicyclic amines) is 3. The number of rotatable bonds is 3. The van der Waals surface area contributed by atoms with Crippen molar-refractivity contribution in [3.05, 3.63) is 0 Å². The molecule has 3 aliphatic rings. The van der Waals surface area contributed by atoms with Gasteiger partial charge in [0.15, 0.2) is 0 Å². The third kappa shape index (κ3) is 5.70. The minimum Gasteiger partial charge on any atom is -0.342 e. The van der Waals surface area contributed by atoms with E-state index in [0.717, 1.165) is 77.8 Å². The van der Waals surface area contributed by atoms with Crippen molar-refractivity contribution >= 4 is 11.8 Å². The van der Waals surface area contributed by atoms with E-state index < -0.39 is 0 Å². The van der Waals surface area contributed by atoms with Crippen LogP contribution in [0.2, 0.25) is 0 Å². The highest BCUT2D eigenvalue weighted by Crippen LogP contribution is 2.22. The molecule has 3 fully saturated rings. The third-order valence-electron chi connectivity index (χ3n) is 6.42. The highest BCUT2D eigenvalue weighted by atomic mass is 16.2. The molecule has 2 amide bonds. The van der Waals surface area contributed by atoms with E-state index in [1.807, 2.05) is 0 Å². The minimum absolute atomic E-state index is 0.182. The lowest BCUT2D eigenvalue weighted by atomic mass is 9.95. The standard InChI is InChI=1S/C21H37N3O2/c25-20(23-12-6-2-1-3-7-13-23)18-22-16-10-19(11-17-22)21(26)24-14-8-4-5-9-15-24/h19H,1-18H2. The topological polar surface area (TPSA) is 43.9 Å². The fourth-order valence-electron chi connectivity index (χ4n) is 4.68. The van der Waals surface area contributed by atoms with Crippen LogP contribution in [0, 0.1) is 5.92 Å². The van der Waals surface area contributed by atoms with Crippen molar-refractivity contribution in [1.82, 2.24) is 14.7 Å². The molecule has 0 aromatic carbocycles. The Labute approximate surface area is 159 Å². The zero-order chi connectivity index (χ0) is 18.2. The first-order valence-electron chi connectivity index (χ1n) is 11.0. The number of carbonyl (C=O) groups is 2. The lowest BCUT2D eigenvalue weighted by Gasteiger charge is -2.35. The predicted molar refractivity (Wildman–Crippen MR) is 104 cm³/mol. The van der Waals surface area contributed by atoms with Gasteiger partial charge in [-0.05, 0) is 51.6 Å². The fraction of sp³-hybridized carbons (Fsp3) is 0.905. The summed E-state index contributed by atoms with van der Waals surface area (Å²) in [6.07, 6.45) is 12.8. The molecule has 0 bridgehead atoms. The SMILES string of the molecule is O=C(CN1CCC(C(=O)N2CCCCCC2)CC1)N1CCCCCCC1. The van der Waals surface area contributed by atoms with Gasteiger partial charge >= 0.3 is 0 Å². The van der Waals surface area contributed by atoms with Crippen LogP contribution < -0.4 is 0 Å². The van der Waals surface area contributed by atoms with Gasteiger partial charge in [-0.25, -0.2) is 0 Å². The molecule has 0 unspecified atom stereocenters. The molecular formula is C21H37N3O2. The van der Waals surface area contributed by atoms with Gasteiger partial charge in [-0.3, -0.25) is 14.5 Å². The molecule has 148 valence electrons. The molecule has 3 rings (SSSR count). The molecule has 0 aliphatic carbocycles. The summed E-state index contributed by atoms with van der Waals surface area (Å²) in [5.74, 6) is 0.854. The summed E-state index contributed by atoms with van der Waals surface area (Å²) >= 11 is 0. The first kappa shape index (κ1) is 19.7. The molecule has 0 atom stereocenters. The van der Waals surface area contributed by atoms with E-state index >= 15 is 0 Å². The van der Waals surface area contributed by atoms with E-state index in [-0.39, 0.29) is 5.92 Å². The quantitative estimate of drug-likeness (QED) is 0.774. The second kappa shape index (κ2) is 10.3. The van der Waals surface area contributed by atoms with Gasteiger partial charge < -0.3 is 9.80 Å². The molecule has 3 aliphatic heterocycles. The maximum Gasteiger partial charge on any atom is 0.236 e. The molecule has 0 aromatic heterocycles. The predicted octanol–water partition coefficient (Wildman–Crippen LogP) is 2.89. The second-order valence-corrected chi connectivity index (χ2v) is 8.44. The Hall–Kier alpha value is -1.10. The highest BCUT2D eigenvalue weighted by molar-refractivity contribution is 5.79. The Morgan fingerprint density at radius 3 is 1.62 bits per heavy atom. The molecule has 3 saturated heterocycles. The molecule has 5 heteroatoms. The van der Waals surface area contributed by atoms with Crippen LogP contribution in [0.4, 0.5) is 0 Å². The van der Waals surface area contributed by atoms with Crippen LogP contribution in [0.25, 0.3) is 0 Å². The van der Waals surface area contributed by atoms with Crippen LogP contribution in [-0.2, 0) is 9.59 Å². The lowest BCUT2D eigenvalue weighted by Crippen LogP contribution is -2.47. The van der Waals surface area contributed by atoms with E-state index in [2.05, 4.69) is 14.7 Å². The lowest BCUT2D eigenvalue weighted by molar-refractivity contribution is -0.137. The van der Waals surface area contributed by atoms with Crippen LogP contribution in [0.15, 0.2) is 0 Å². The van der Waals surface area contributed by atoms with Crippen LogP contribution in [0.1, 0.15) is 70.6 Å². The summed E-state index contributed by atoms with van der Waals surface area (Å²) in [5, 5.41) is 0. The Bertz CT molecular complexity index is 444. The fourth-order valence-corrected chi connectivity index (χ4v) is 4.68. The normalized spacial score (nSPS) is 24.6. The summed E-state index contributed by atoms with van der Waals surface area (Å²) in [6.45, 7) is 6.10. The summed E-state index contributed by atoms with van der Waals surface area (Å²) in [4.78, 5) is 31.9. The van der Waals surface area contributed by atoms with Crippen LogP contribution in [0.5, 0.6) is 0 Å². The Balaban J connectivity index is 1.41. The monoisotopic (exact) mass is 363 g/mol. The maximum atomic E-state index is 12.8. The molecule has 3 heterocycles. The van der Waals surface area contributed by atoms with E-state index in [0.29, 0.717) is 18.4 Å². The smallest absolute Gasteiger partial charge is 0.236 e. The van der Waals surface area contributed by atoms with Crippen molar-refractivity contribution in [3.8, 4) is 0 Å². The van der Waals surface area contributed by atoms with Crippen molar-refractivity contribution in [1.29, 1.82) is 0 Å². The summed E-state index contributed by atoms with van der Waals surface area (Å²) in [5.41, 5.74) is 0. The Morgan fingerprint density at radius 2 is 1.08 bits per heavy atom. The molecule has 0 aromatic rings. The van der Waals surface area contributed by atoms with Crippen molar-refractivity contribution in [2.75, 3.05) is 45.8 Å². The zero-order valence-corrected chi connectivity index (χ0v) is 16.5. The maximum absolute atomic E-state index is 12.8. The zero-order valence-electron chi connectivity index (χ0n) is 16.5. The second-order valence-electron chi connectivity index (χ2n) is 8.44. The van der Waals surface area contributed by atoms with Gasteiger partial charge in [0.2, 0.25) is 11.8 Å². The summed E-state index contributed by atoms with van der Waals surface area (Å²) in [7, 11) is 0. The van der Waals surface area contributed by atoms with Gasteiger partial charge in [0.05, 0.1) is 6.54 Å². The molecular weight excluding hydrogens is 326 g/mol. The summed E-state index contributed by atoms with van der Waals surface area (Å²) in [6, 6.07) is 0. The van der Waals surface area contributed by atoms with Gasteiger partial charge in [-0.1, -0.05) is 32.1 Å².